The summed E-state index contributed by atoms with van der Waals surface area (Å²) in [6.07, 6.45) is -0.106. The van der Waals surface area contributed by atoms with Gasteiger partial charge in [0, 0.05) is 28.3 Å². The van der Waals surface area contributed by atoms with Gasteiger partial charge >= 0.3 is 5.97 Å². The number of carbonyl (C=O) groups is 4. The molecule has 0 fully saturated rings. The molecule has 0 saturated carbocycles. The lowest BCUT2D eigenvalue weighted by Gasteiger charge is -2.20. The number of methoxy groups -OCH3 is 2. The van der Waals surface area contributed by atoms with Gasteiger partial charge in [0.2, 0.25) is 0 Å². The van der Waals surface area contributed by atoms with Gasteiger partial charge in [-0.3, -0.25) is 19.2 Å². The number of ether oxygens (including phenoxy) is 3. The molecule has 0 spiro atoms. The normalized spacial score (nSPS) is 11.8. The van der Waals surface area contributed by atoms with E-state index in [1.54, 1.807) is 54.6 Å². The quantitative estimate of drug-likeness (QED) is 0.423. The van der Waals surface area contributed by atoms with Gasteiger partial charge in [0.15, 0.2) is 18.2 Å². The van der Waals surface area contributed by atoms with Crippen molar-refractivity contribution in [3.63, 3.8) is 0 Å². The summed E-state index contributed by atoms with van der Waals surface area (Å²) in [5, 5.41) is 2.58. The second kappa shape index (κ2) is 9.58. The van der Waals surface area contributed by atoms with E-state index in [0.29, 0.717) is 22.6 Å². The van der Waals surface area contributed by atoms with Gasteiger partial charge in [-0.15, -0.1) is 0 Å². The molecule has 1 aliphatic rings. The number of esters is 1. The molecule has 0 bridgehead atoms. The van der Waals surface area contributed by atoms with Crippen LogP contribution in [0, 0.1) is 0 Å². The molecular weight excluding hydrogens is 438 g/mol. The highest BCUT2D eigenvalue weighted by Crippen LogP contribution is 2.32. The molecule has 3 aromatic rings. The zero-order chi connectivity index (χ0) is 24.2. The minimum absolute atomic E-state index is 0.106. The monoisotopic (exact) mass is 459 g/mol. The maximum Gasteiger partial charge on any atom is 0.310 e. The maximum absolute atomic E-state index is 13.0. The largest absolute Gasteiger partial charge is 0.497 e. The number of hydrogen-bond donors (Lipinski definition) is 1. The van der Waals surface area contributed by atoms with E-state index in [2.05, 4.69) is 5.32 Å². The van der Waals surface area contributed by atoms with Gasteiger partial charge in [-0.1, -0.05) is 42.5 Å². The smallest absolute Gasteiger partial charge is 0.310 e. The first-order chi connectivity index (χ1) is 16.4. The molecule has 0 heterocycles. The number of carbonyl (C=O) groups excluding carboxylic acids is 4. The van der Waals surface area contributed by atoms with Crippen molar-refractivity contribution in [2.24, 2.45) is 0 Å². The van der Waals surface area contributed by atoms with Crippen LogP contribution < -0.4 is 14.8 Å². The van der Waals surface area contributed by atoms with Crippen LogP contribution in [-0.2, 0) is 20.7 Å². The Labute approximate surface area is 195 Å². The standard InChI is InChI=1S/C26H21NO7/c1-32-16-11-10-15(21(13-16)33-2)12-23(29)34-14-22(28)27-20-9-5-8-19-24(20)26(31)18-7-4-3-6-17(18)25(19)30/h3-11,13H,12,14H2,1-2H3,(H,27,28). The van der Waals surface area contributed by atoms with E-state index in [4.69, 9.17) is 14.2 Å². The highest BCUT2D eigenvalue weighted by atomic mass is 16.5. The highest BCUT2D eigenvalue weighted by Gasteiger charge is 2.31. The molecule has 0 radical (unpaired) electrons. The predicted octanol–water partition coefficient (Wildman–Crippen LogP) is 3.20. The predicted molar refractivity (Wildman–Crippen MR) is 123 cm³/mol. The summed E-state index contributed by atoms with van der Waals surface area (Å²) in [5.41, 5.74) is 1.70. The lowest BCUT2D eigenvalue weighted by molar-refractivity contribution is -0.146. The molecule has 8 nitrogen and oxygen atoms in total. The Balaban J connectivity index is 1.43. The van der Waals surface area contributed by atoms with Crippen molar-refractivity contribution in [3.05, 3.63) is 88.5 Å². The SMILES string of the molecule is COc1ccc(CC(=O)OCC(=O)Nc2cccc3c2C(=O)c2ccccc2C3=O)c(OC)c1. The summed E-state index contributed by atoms with van der Waals surface area (Å²) in [5.74, 6) is -0.877. The van der Waals surface area contributed by atoms with Crippen molar-refractivity contribution in [2.75, 3.05) is 26.1 Å². The molecule has 34 heavy (non-hydrogen) atoms. The summed E-state index contributed by atoms with van der Waals surface area (Å²) in [6, 6.07) is 16.2. The van der Waals surface area contributed by atoms with E-state index < -0.39 is 18.5 Å². The molecule has 1 amide bonds. The van der Waals surface area contributed by atoms with Crippen molar-refractivity contribution in [1.82, 2.24) is 0 Å². The van der Waals surface area contributed by atoms with Crippen LogP contribution >= 0.6 is 0 Å². The van der Waals surface area contributed by atoms with Gasteiger partial charge in [0.25, 0.3) is 5.91 Å². The number of benzene rings is 3. The molecule has 4 rings (SSSR count). The second-order valence-electron chi connectivity index (χ2n) is 7.50. The van der Waals surface area contributed by atoms with Crippen LogP contribution in [0.1, 0.15) is 37.4 Å². The second-order valence-corrected chi connectivity index (χ2v) is 7.50. The molecule has 1 aliphatic carbocycles. The lowest BCUT2D eigenvalue weighted by atomic mass is 9.83. The average Bonchev–Trinajstić information content (AvgIpc) is 2.86. The van der Waals surface area contributed by atoms with Crippen LogP contribution in [0.4, 0.5) is 5.69 Å². The Hall–Kier alpha value is -4.46. The van der Waals surface area contributed by atoms with Gasteiger partial charge in [0.05, 0.1) is 31.9 Å². The van der Waals surface area contributed by atoms with E-state index in [-0.39, 0.29) is 40.4 Å². The molecule has 0 aliphatic heterocycles. The van der Waals surface area contributed by atoms with Crippen molar-refractivity contribution < 1.29 is 33.4 Å². The van der Waals surface area contributed by atoms with E-state index >= 15 is 0 Å². The molecule has 0 aromatic heterocycles. The van der Waals surface area contributed by atoms with E-state index in [1.807, 2.05) is 0 Å². The first-order valence-electron chi connectivity index (χ1n) is 10.4. The van der Waals surface area contributed by atoms with Gasteiger partial charge in [0.1, 0.15) is 11.5 Å². The van der Waals surface area contributed by atoms with Gasteiger partial charge in [-0.2, -0.15) is 0 Å². The van der Waals surface area contributed by atoms with Crippen molar-refractivity contribution in [3.8, 4) is 11.5 Å². The molecule has 0 saturated heterocycles. The van der Waals surface area contributed by atoms with Crippen LogP contribution in [0.25, 0.3) is 0 Å². The van der Waals surface area contributed by atoms with Crippen LogP contribution in [0.15, 0.2) is 60.7 Å². The fraction of sp³-hybridized carbons (Fsp3) is 0.154. The summed E-state index contributed by atoms with van der Waals surface area (Å²) in [4.78, 5) is 50.6. The summed E-state index contributed by atoms with van der Waals surface area (Å²) in [6.45, 7) is -0.556. The summed E-state index contributed by atoms with van der Waals surface area (Å²) < 4.78 is 15.5. The minimum atomic E-state index is -0.637. The minimum Gasteiger partial charge on any atom is -0.497 e. The molecular formula is C26H21NO7. The zero-order valence-corrected chi connectivity index (χ0v) is 18.5. The van der Waals surface area contributed by atoms with E-state index in [9.17, 15) is 19.2 Å². The van der Waals surface area contributed by atoms with Crippen molar-refractivity contribution in [1.29, 1.82) is 0 Å². The van der Waals surface area contributed by atoms with Crippen molar-refractivity contribution >= 4 is 29.1 Å². The van der Waals surface area contributed by atoms with Gasteiger partial charge in [-0.05, 0) is 12.1 Å². The summed E-state index contributed by atoms with van der Waals surface area (Å²) in [7, 11) is 3.00. The van der Waals surface area contributed by atoms with E-state index in [0.717, 1.165) is 0 Å². The van der Waals surface area contributed by atoms with Crippen LogP contribution in [0.2, 0.25) is 0 Å². The molecule has 1 N–H and O–H groups in total. The average molecular weight is 459 g/mol. The first-order valence-corrected chi connectivity index (χ1v) is 10.4. The number of hydrogen-bond acceptors (Lipinski definition) is 7. The highest BCUT2D eigenvalue weighted by molar-refractivity contribution is 6.30. The molecule has 8 heteroatoms. The Morgan fingerprint density at radius 1 is 0.824 bits per heavy atom. The number of anilines is 1. The zero-order valence-electron chi connectivity index (χ0n) is 18.5. The van der Waals surface area contributed by atoms with Crippen LogP contribution in [0.5, 0.6) is 11.5 Å². The number of ketones is 2. The maximum atomic E-state index is 13.0. The number of fused-ring (bicyclic) bond motifs is 2. The van der Waals surface area contributed by atoms with Crippen molar-refractivity contribution in [2.45, 2.75) is 6.42 Å². The van der Waals surface area contributed by atoms with Gasteiger partial charge < -0.3 is 19.5 Å². The third-order valence-corrected chi connectivity index (χ3v) is 5.42. The molecule has 172 valence electrons. The molecule has 0 unspecified atom stereocenters. The Morgan fingerprint density at radius 2 is 1.53 bits per heavy atom. The topological polar surface area (TPSA) is 108 Å². The Bertz CT molecular complexity index is 1310. The lowest BCUT2D eigenvalue weighted by Crippen LogP contribution is -2.26. The van der Waals surface area contributed by atoms with E-state index in [1.165, 1.54) is 20.3 Å². The fourth-order valence-electron chi connectivity index (χ4n) is 3.79. The fourth-order valence-corrected chi connectivity index (χ4v) is 3.79. The number of amides is 1. The Kier molecular flexibility index (Phi) is 6.40. The van der Waals surface area contributed by atoms with Gasteiger partial charge in [-0.25, -0.2) is 0 Å². The third-order valence-electron chi connectivity index (χ3n) is 5.42. The number of rotatable bonds is 7. The summed E-state index contributed by atoms with van der Waals surface area (Å²) >= 11 is 0. The van der Waals surface area contributed by atoms with Crippen LogP contribution in [-0.4, -0.2) is 44.3 Å². The molecule has 3 aromatic carbocycles. The first kappa shape index (κ1) is 22.7. The van der Waals surface area contributed by atoms with Crippen LogP contribution in [0.3, 0.4) is 0 Å². The Morgan fingerprint density at radius 3 is 2.24 bits per heavy atom. The third kappa shape index (κ3) is 4.38. The molecule has 0 atom stereocenters. The number of nitrogens with one attached hydrogen (secondary N) is 1.